The van der Waals surface area contributed by atoms with Crippen LogP contribution in [-0.2, 0) is 14.8 Å². The first-order valence-electron chi connectivity index (χ1n) is 4.48. The number of nitrogens with zero attached hydrogens (tertiary/aromatic N) is 1. The van der Waals surface area contributed by atoms with Crippen LogP contribution >= 0.6 is 0 Å². The third-order valence-electron chi connectivity index (χ3n) is 2.86. The molecule has 0 spiro atoms. The van der Waals surface area contributed by atoms with E-state index in [1.165, 1.54) is 10.6 Å². The van der Waals surface area contributed by atoms with Crippen LogP contribution in [0, 0.1) is 0 Å². The SMILES string of the molecule is CS(=O)(=O)N1[C@H]2CC[C@H]1CC(=O)C2. The van der Waals surface area contributed by atoms with Crippen LogP contribution in [0.1, 0.15) is 25.7 Å². The molecular formula is C8H13NO3S. The fourth-order valence-electron chi connectivity index (χ4n) is 2.47. The maximum atomic E-state index is 11.4. The van der Waals surface area contributed by atoms with Gasteiger partial charge in [0.2, 0.25) is 10.0 Å². The Labute approximate surface area is 78.0 Å². The Balaban J connectivity index is 2.30. The van der Waals surface area contributed by atoms with Gasteiger partial charge in [-0.3, -0.25) is 4.79 Å². The summed E-state index contributed by atoms with van der Waals surface area (Å²) in [5.74, 6) is 0.215. The van der Waals surface area contributed by atoms with Gasteiger partial charge in [0.1, 0.15) is 5.78 Å². The highest BCUT2D eigenvalue weighted by molar-refractivity contribution is 7.88. The minimum Gasteiger partial charge on any atom is -0.300 e. The summed E-state index contributed by atoms with van der Waals surface area (Å²) in [5.41, 5.74) is 0. The first-order chi connectivity index (χ1) is 5.98. The lowest BCUT2D eigenvalue weighted by atomic mass is 10.0. The van der Waals surface area contributed by atoms with Crippen molar-refractivity contribution in [2.75, 3.05) is 6.26 Å². The Morgan fingerprint density at radius 1 is 1.23 bits per heavy atom. The molecule has 2 atom stereocenters. The maximum Gasteiger partial charge on any atom is 0.211 e. The summed E-state index contributed by atoms with van der Waals surface area (Å²) >= 11 is 0. The lowest BCUT2D eigenvalue weighted by Gasteiger charge is -2.31. The third-order valence-corrected chi connectivity index (χ3v) is 4.22. The molecule has 13 heavy (non-hydrogen) atoms. The molecule has 2 heterocycles. The first-order valence-corrected chi connectivity index (χ1v) is 6.33. The van der Waals surface area contributed by atoms with Gasteiger partial charge in [0, 0.05) is 24.9 Å². The van der Waals surface area contributed by atoms with E-state index >= 15 is 0 Å². The van der Waals surface area contributed by atoms with E-state index in [2.05, 4.69) is 0 Å². The summed E-state index contributed by atoms with van der Waals surface area (Å²) in [4.78, 5) is 11.2. The Kier molecular flexibility index (Phi) is 1.96. The Hall–Kier alpha value is -0.420. The Bertz CT molecular complexity index is 319. The van der Waals surface area contributed by atoms with Crippen molar-refractivity contribution in [2.45, 2.75) is 37.8 Å². The predicted octanol–water partition coefficient (Wildman–Crippen LogP) is 0.142. The molecule has 0 amide bonds. The largest absolute Gasteiger partial charge is 0.300 e. The van der Waals surface area contributed by atoms with Gasteiger partial charge in [0.05, 0.1) is 6.26 Å². The highest BCUT2D eigenvalue weighted by Crippen LogP contribution is 2.35. The highest BCUT2D eigenvalue weighted by Gasteiger charge is 2.44. The third kappa shape index (κ3) is 1.50. The van der Waals surface area contributed by atoms with E-state index in [0.29, 0.717) is 12.8 Å². The van der Waals surface area contributed by atoms with Gasteiger partial charge in [-0.15, -0.1) is 0 Å². The van der Waals surface area contributed by atoms with Crippen LogP contribution in [0.3, 0.4) is 0 Å². The zero-order chi connectivity index (χ0) is 9.64. The minimum absolute atomic E-state index is 0.0405. The Morgan fingerprint density at radius 3 is 2.08 bits per heavy atom. The molecule has 2 fully saturated rings. The molecule has 74 valence electrons. The fourth-order valence-corrected chi connectivity index (χ4v) is 3.92. The van der Waals surface area contributed by atoms with Gasteiger partial charge in [-0.05, 0) is 12.8 Å². The number of sulfonamides is 1. The molecule has 0 aromatic heterocycles. The van der Waals surface area contributed by atoms with Crippen LogP contribution in [-0.4, -0.2) is 36.8 Å². The van der Waals surface area contributed by atoms with Crippen LogP contribution in [0.2, 0.25) is 0 Å². The molecule has 0 aromatic carbocycles. The van der Waals surface area contributed by atoms with Crippen LogP contribution in [0.25, 0.3) is 0 Å². The number of carbonyl (C=O) groups excluding carboxylic acids is 1. The van der Waals surface area contributed by atoms with Crippen molar-refractivity contribution in [3.63, 3.8) is 0 Å². The average molecular weight is 203 g/mol. The summed E-state index contributed by atoms with van der Waals surface area (Å²) < 4.78 is 24.3. The second kappa shape index (κ2) is 2.78. The molecule has 0 unspecified atom stereocenters. The van der Waals surface area contributed by atoms with E-state index in [9.17, 15) is 13.2 Å². The van der Waals surface area contributed by atoms with Crippen LogP contribution < -0.4 is 0 Å². The van der Waals surface area contributed by atoms with E-state index in [-0.39, 0.29) is 17.9 Å². The van der Waals surface area contributed by atoms with E-state index in [0.717, 1.165) is 12.8 Å². The molecule has 4 nitrogen and oxygen atoms in total. The zero-order valence-corrected chi connectivity index (χ0v) is 8.38. The lowest BCUT2D eigenvalue weighted by molar-refractivity contribution is -0.122. The molecule has 0 radical (unpaired) electrons. The van der Waals surface area contributed by atoms with Crippen molar-refractivity contribution >= 4 is 15.8 Å². The molecule has 5 heteroatoms. The second-order valence-electron chi connectivity index (χ2n) is 3.92. The molecule has 2 aliphatic heterocycles. The molecule has 0 aliphatic carbocycles. The number of ketones is 1. The number of hydrogen-bond acceptors (Lipinski definition) is 3. The molecule has 0 N–H and O–H groups in total. The fraction of sp³-hybridized carbons (Fsp3) is 0.875. The molecule has 0 aromatic rings. The van der Waals surface area contributed by atoms with Gasteiger partial charge >= 0.3 is 0 Å². The number of piperidine rings is 1. The zero-order valence-electron chi connectivity index (χ0n) is 7.56. The molecule has 2 bridgehead atoms. The number of fused-ring (bicyclic) bond motifs is 2. The van der Waals surface area contributed by atoms with Gasteiger partial charge in [-0.1, -0.05) is 0 Å². The van der Waals surface area contributed by atoms with Gasteiger partial charge < -0.3 is 0 Å². The Morgan fingerprint density at radius 2 is 1.69 bits per heavy atom. The maximum absolute atomic E-state index is 11.4. The first kappa shape index (κ1) is 9.15. The smallest absolute Gasteiger partial charge is 0.211 e. The summed E-state index contributed by atoms with van der Waals surface area (Å²) in [6.07, 6.45) is 3.77. The molecular weight excluding hydrogens is 190 g/mol. The normalized spacial score (nSPS) is 35.3. The monoisotopic (exact) mass is 203 g/mol. The number of hydrogen-bond donors (Lipinski definition) is 0. The number of Topliss-reactive ketones (excluding diaryl/α,β-unsaturated/α-hetero) is 1. The lowest BCUT2D eigenvalue weighted by Crippen LogP contribution is -2.46. The number of carbonyl (C=O) groups is 1. The van der Waals surface area contributed by atoms with Gasteiger partial charge in [-0.2, -0.15) is 4.31 Å². The predicted molar refractivity (Wildman–Crippen MR) is 47.7 cm³/mol. The summed E-state index contributed by atoms with van der Waals surface area (Å²) in [6, 6.07) is -0.0810. The van der Waals surface area contributed by atoms with E-state index in [1.807, 2.05) is 0 Å². The molecule has 2 saturated heterocycles. The van der Waals surface area contributed by atoms with Crippen LogP contribution in [0.15, 0.2) is 0 Å². The summed E-state index contributed by atoms with van der Waals surface area (Å²) in [7, 11) is -3.10. The van der Waals surface area contributed by atoms with E-state index in [1.54, 1.807) is 0 Å². The topological polar surface area (TPSA) is 54.5 Å². The summed E-state index contributed by atoms with van der Waals surface area (Å²) in [6.45, 7) is 0. The van der Waals surface area contributed by atoms with Crippen molar-refractivity contribution < 1.29 is 13.2 Å². The molecule has 2 rings (SSSR count). The van der Waals surface area contributed by atoms with Crippen LogP contribution in [0.5, 0.6) is 0 Å². The van der Waals surface area contributed by atoms with E-state index in [4.69, 9.17) is 0 Å². The summed E-state index contributed by atoms with van der Waals surface area (Å²) in [5, 5.41) is 0. The highest BCUT2D eigenvalue weighted by atomic mass is 32.2. The van der Waals surface area contributed by atoms with Crippen molar-refractivity contribution in [2.24, 2.45) is 0 Å². The van der Waals surface area contributed by atoms with Gasteiger partial charge in [0.25, 0.3) is 0 Å². The quantitative estimate of drug-likeness (QED) is 0.609. The van der Waals surface area contributed by atoms with Gasteiger partial charge in [-0.25, -0.2) is 8.42 Å². The second-order valence-corrected chi connectivity index (χ2v) is 5.81. The number of rotatable bonds is 1. The van der Waals surface area contributed by atoms with Crippen molar-refractivity contribution in [1.29, 1.82) is 0 Å². The van der Waals surface area contributed by atoms with Crippen LogP contribution in [0.4, 0.5) is 0 Å². The van der Waals surface area contributed by atoms with Crippen molar-refractivity contribution in [1.82, 2.24) is 4.31 Å². The van der Waals surface area contributed by atoms with Crippen molar-refractivity contribution in [3.8, 4) is 0 Å². The minimum atomic E-state index is -3.10. The standard InChI is InChI=1S/C8H13NO3S/c1-13(11,12)9-6-2-3-7(9)5-8(10)4-6/h6-7H,2-5H2,1H3/t6-,7-/m0/s1. The van der Waals surface area contributed by atoms with E-state index < -0.39 is 10.0 Å². The van der Waals surface area contributed by atoms with Crippen molar-refractivity contribution in [3.05, 3.63) is 0 Å². The molecule has 2 aliphatic rings. The van der Waals surface area contributed by atoms with Gasteiger partial charge in [0.15, 0.2) is 0 Å². The average Bonchev–Trinajstić information content (AvgIpc) is 2.23. The molecule has 0 saturated carbocycles.